The molecule has 0 amide bonds. The molecule has 0 aliphatic carbocycles. The zero-order chi connectivity index (χ0) is 18.1. The Morgan fingerprint density at radius 2 is 2.15 bits per heavy atom. The number of fused-ring (bicyclic) bond motifs is 1. The van der Waals surface area contributed by atoms with E-state index in [1.54, 1.807) is 6.26 Å². The molecule has 1 aliphatic rings. The second-order valence-electron chi connectivity index (χ2n) is 6.98. The highest BCUT2D eigenvalue weighted by atomic mass is 16.5. The first-order valence-corrected chi connectivity index (χ1v) is 9.07. The lowest BCUT2D eigenvalue weighted by Gasteiger charge is -2.24. The van der Waals surface area contributed by atoms with Crippen LogP contribution in [0.15, 0.2) is 45.5 Å². The molecular weight excluding hydrogens is 328 g/mol. The first-order chi connectivity index (χ1) is 12.7. The maximum absolute atomic E-state index is 5.77. The summed E-state index contributed by atoms with van der Waals surface area (Å²) in [6.45, 7) is 5.02. The van der Waals surface area contributed by atoms with Crippen LogP contribution in [0.5, 0.6) is 0 Å². The Kier molecular flexibility index (Phi) is 4.51. The smallest absolute Gasteiger partial charge is 0.261 e. The van der Waals surface area contributed by atoms with E-state index in [0.29, 0.717) is 30.3 Å². The van der Waals surface area contributed by atoms with Gasteiger partial charge in [0.1, 0.15) is 5.76 Å². The predicted octanol–water partition coefficient (Wildman–Crippen LogP) is 3.43. The van der Waals surface area contributed by atoms with Crippen molar-refractivity contribution in [3.8, 4) is 11.5 Å². The van der Waals surface area contributed by atoms with Crippen LogP contribution in [-0.2, 0) is 19.4 Å². The van der Waals surface area contributed by atoms with Crippen molar-refractivity contribution < 1.29 is 8.94 Å². The van der Waals surface area contributed by atoms with Gasteiger partial charge in [0.15, 0.2) is 5.82 Å². The summed E-state index contributed by atoms with van der Waals surface area (Å²) in [6, 6.07) is 11.2. The highest BCUT2D eigenvalue weighted by molar-refractivity contribution is 5.61. The fourth-order valence-electron chi connectivity index (χ4n) is 3.50. The number of hydrogen-bond donors (Lipinski definition) is 1. The van der Waals surface area contributed by atoms with Crippen molar-refractivity contribution in [2.24, 2.45) is 0 Å². The van der Waals surface area contributed by atoms with Crippen molar-refractivity contribution in [2.75, 3.05) is 11.9 Å². The van der Waals surface area contributed by atoms with E-state index in [2.05, 4.69) is 58.5 Å². The lowest BCUT2D eigenvalue weighted by atomic mass is 10.1. The van der Waals surface area contributed by atoms with Gasteiger partial charge in [0.2, 0.25) is 0 Å². The van der Waals surface area contributed by atoms with Crippen molar-refractivity contribution in [3.63, 3.8) is 0 Å². The summed E-state index contributed by atoms with van der Waals surface area (Å²) in [7, 11) is 1.93. The Labute approximate surface area is 153 Å². The Balaban J connectivity index is 1.57. The highest BCUT2D eigenvalue weighted by Crippen LogP contribution is 2.35. The lowest BCUT2D eigenvalue weighted by Crippen LogP contribution is -2.28. The maximum atomic E-state index is 5.77. The molecule has 0 spiro atoms. The average Bonchev–Trinajstić information content (AvgIpc) is 3.35. The summed E-state index contributed by atoms with van der Waals surface area (Å²) in [6.07, 6.45) is 3.47. The van der Waals surface area contributed by atoms with Crippen molar-refractivity contribution in [1.82, 2.24) is 15.5 Å². The van der Waals surface area contributed by atoms with Crippen molar-refractivity contribution in [1.29, 1.82) is 0 Å². The Bertz CT molecular complexity index is 885. The highest BCUT2D eigenvalue weighted by Gasteiger charge is 2.28. The number of aromatic nitrogens is 2. The minimum absolute atomic E-state index is 0.297. The van der Waals surface area contributed by atoms with Crippen molar-refractivity contribution in [3.05, 3.63) is 53.7 Å². The summed E-state index contributed by atoms with van der Waals surface area (Å²) in [5, 5.41) is 7.29. The van der Waals surface area contributed by atoms with E-state index in [9.17, 15) is 0 Å². The van der Waals surface area contributed by atoms with E-state index in [1.165, 1.54) is 11.3 Å². The minimum Gasteiger partial charge on any atom is -0.467 e. The number of hydrogen-bond acceptors (Lipinski definition) is 6. The van der Waals surface area contributed by atoms with E-state index >= 15 is 0 Å². The molecule has 2 unspecified atom stereocenters. The van der Waals surface area contributed by atoms with Crippen molar-refractivity contribution in [2.45, 2.75) is 45.3 Å². The molecule has 4 rings (SSSR count). The van der Waals surface area contributed by atoms with Crippen molar-refractivity contribution >= 4 is 5.69 Å². The molecule has 2 aromatic heterocycles. The largest absolute Gasteiger partial charge is 0.467 e. The molecule has 136 valence electrons. The van der Waals surface area contributed by atoms with Gasteiger partial charge in [-0.05, 0) is 45.0 Å². The standard InChI is InChI=1S/C20H24N4O2/c1-13(21-3)10-19-22-20(26-23-19)16-8-9-25-18(16)12-24-14(2)11-15-6-4-5-7-17(15)24/h4-9,13-14,21H,10-12H2,1-3H3. The molecule has 0 fully saturated rings. The second kappa shape index (κ2) is 6.96. The van der Waals surface area contributed by atoms with Gasteiger partial charge in [-0.1, -0.05) is 23.4 Å². The van der Waals surface area contributed by atoms with Crippen LogP contribution in [0.3, 0.4) is 0 Å². The molecule has 6 nitrogen and oxygen atoms in total. The van der Waals surface area contributed by atoms with Gasteiger partial charge in [-0.25, -0.2) is 0 Å². The topological polar surface area (TPSA) is 67.3 Å². The zero-order valence-electron chi connectivity index (χ0n) is 15.4. The molecule has 6 heteroatoms. The Morgan fingerprint density at radius 3 is 3.00 bits per heavy atom. The van der Waals surface area contributed by atoms with Gasteiger partial charge in [-0.3, -0.25) is 0 Å². The van der Waals surface area contributed by atoms with Gasteiger partial charge in [-0.15, -0.1) is 0 Å². The molecule has 1 N–H and O–H groups in total. The Morgan fingerprint density at radius 1 is 1.31 bits per heavy atom. The third kappa shape index (κ3) is 3.12. The number of nitrogens with one attached hydrogen (secondary N) is 1. The number of para-hydroxylation sites is 1. The van der Waals surface area contributed by atoms with Crippen LogP contribution in [0.1, 0.15) is 31.0 Å². The second-order valence-corrected chi connectivity index (χ2v) is 6.98. The van der Waals surface area contributed by atoms with Gasteiger partial charge in [-0.2, -0.15) is 4.98 Å². The predicted molar refractivity (Wildman–Crippen MR) is 100 cm³/mol. The van der Waals surface area contributed by atoms with Gasteiger partial charge in [0.25, 0.3) is 5.89 Å². The van der Waals surface area contributed by atoms with E-state index in [0.717, 1.165) is 24.2 Å². The number of furan rings is 1. The molecule has 3 aromatic rings. The Hall–Kier alpha value is -2.60. The molecule has 1 aromatic carbocycles. The zero-order valence-corrected chi connectivity index (χ0v) is 15.4. The first kappa shape index (κ1) is 16.8. The quantitative estimate of drug-likeness (QED) is 0.733. The van der Waals surface area contributed by atoms with Crippen LogP contribution in [0.25, 0.3) is 11.5 Å². The van der Waals surface area contributed by atoms with Gasteiger partial charge >= 0.3 is 0 Å². The third-order valence-electron chi connectivity index (χ3n) is 5.09. The fraction of sp³-hybridized carbons (Fsp3) is 0.400. The van der Waals surface area contributed by atoms with Gasteiger partial charge < -0.3 is 19.2 Å². The normalized spacial score (nSPS) is 17.5. The number of likely N-dealkylation sites (N-methyl/N-ethyl adjacent to an activating group) is 1. The molecule has 26 heavy (non-hydrogen) atoms. The molecule has 1 aliphatic heterocycles. The average molecular weight is 352 g/mol. The van der Waals surface area contributed by atoms with Gasteiger partial charge in [0, 0.05) is 24.2 Å². The van der Waals surface area contributed by atoms with Gasteiger partial charge in [0.05, 0.1) is 18.4 Å². The van der Waals surface area contributed by atoms with Crippen LogP contribution in [0, 0.1) is 0 Å². The lowest BCUT2D eigenvalue weighted by molar-refractivity contribution is 0.416. The van der Waals surface area contributed by atoms with E-state index in [1.807, 2.05) is 13.1 Å². The van der Waals surface area contributed by atoms with E-state index in [4.69, 9.17) is 8.94 Å². The van der Waals surface area contributed by atoms with Crippen LogP contribution in [0.2, 0.25) is 0 Å². The molecule has 0 saturated carbocycles. The number of rotatable bonds is 6. The van der Waals surface area contributed by atoms with Crippen LogP contribution in [0.4, 0.5) is 5.69 Å². The number of benzene rings is 1. The van der Waals surface area contributed by atoms with Crippen LogP contribution in [-0.4, -0.2) is 29.3 Å². The summed E-state index contributed by atoms with van der Waals surface area (Å²) >= 11 is 0. The summed E-state index contributed by atoms with van der Waals surface area (Å²) in [5.41, 5.74) is 3.53. The SMILES string of the molecule is CNC(C)Cc1noc(-c2ccoc2CN2c3ccccc3CC2C)n1. The summed E-state index contributed by atoms with van der Waals surface area (Å²) in [5.74, 6) is 2.08. The number of anilines is 1. The number of nitrogens with zero attached hydrogens (tertiary/aromatic N) is 3. The summed E-state index contributed by atoms with van der Waals surface area (Å²) < 4.78 is 11.3. The molecule has 0 radical (unpaired) electrons. The van der Waals surface area contributed by atoms with E-state index in [-0.39, 0.29) is 0 Å². The molecule has 2 atom stereocenters. The maximum Gasteiger partial charge on any atom is 0.261 e. The van der Waals surface area contributed by atoms with Crippen LogP contribution >= 0.6 is 0 Å². The molecular formula is C20H24N4O2. The first-order valence-electron chi connectivity index (χ1n) is 9.07. The minimum atomic E-state index is 0.297. The molecule has 3 heterocycles. The monoisotopic (exact) mass is 352 g/mol. The molecule has 0 saturated heterocycles. The fourth-order valence-corrected chi connectivity index (χ4v) is 3.50. The van der Waals surface area contributed by atoms with E-state index < -0.39 is 0 Å². The van der Waals surface area contributed by atoms with Crippen LogP contribution < -0.4 is 10.2 Å². The summed E-state index contributed by atoms with van der Waals surface area (Å²) in [4.78, 5) is 6.92. The molecule has 0 bridgehead atoms. The third-order valence-corrected chi connectivity index (χ3v) is 5.09.